The van der Waals surface area contributed by atoms with Gasteiger partial charge in [-0.2, -0.15) is 0 Å². The summed E-state index contributed by atoms with van der Waals surface area (Å²) in [4.78, 5) is 12.2. The van der Waals surface area contributed by atoms with Crippen LogP contribution in [-0.4, -0.2) is 33.2 Å². The maximum absolute atomic E-state index is 12.2. The fourth-order valence-electron chi connectivity index (χ4n) is 3.63. The molecule has 2 aromatic rings. The van der Waals surface area contributed by atoms with E-state index in [9.17, 15) is 4.79 Å². The fraction of sp³-hybridized carbons (Fsp3) is 0.409. The summed E-state index contributed by atoms with van der Waals surface area (Å²) in [6, 6.07) is 14.6. The molecule has 0 aromatic heterocycles. The molecule has 0 fully saturated rings. The standard InChI is InChI=1S/C22H28N2O3/c1-26-20-11-10-16(14-21(20)27-2)12-13-23-22(25)15-24-19-9-5-7-17-6-3-4-8-18(17)19/h3-4,6,8,10-11,14,19,24H,5,7,9,12-13,15H2,1-2H3,(H,23,25). The quantitative estimate of drug-likeness (QED) is 0.752. The van der Waals surface area contributed by atoms with E-state index in [1.165, 1.54) is 11.1 Å². The van der Waals surface area contributed by atoms with E-state index >= 15 is 0 Å². The number of benzene rings is 2. The molecule has 0 saturated heterocycles. The molecule has 2 N–H and O–H groups in total. The first-order valence-corrected chi connectivity index (χ1v) is 9.50. The number of rotatable bonds is 8. The molecule has 0 spiro atoms. The molecule has 0 aliphatic heterocycles. The molecule has 2 aromatic carbocycles. The first-order valence-electron chi connectivity index (χ1n) is 9.50. The SMILES string of the molecule is COc1ccc(CCNC(=O)CNC2CCCc3ccccc32)cc1OC. The van der Waals surface area contributed by atoms with Crippen molar-refractivity contribution in [3.8, 4) is 11.5 Å². The van der Waals surface area contributed by atoms with Crippen LogP contribution < -0.4 is 20.1 Å². The summed E-state index contributed by atoms with van der Waals surface area (Å²) in [6.45, 7) is 0.933. The Kier molecular flexibility index (Phi) is 6.71. The maximum Gasteiger partial charge on any atom is 0.233 e. The Morgan fingerprint density at radius 2 is 1.93 bits per heavy atom. The number of hydrogen-bond acceptors (Lipinski definition) is 4. The van der Waals surface area contributed by atoms with Crippen LogP contribution in [0.1, 0.15) is 35.6 Å². The monoisotopic (exact) mass is 368 g/mol. The van der Waals surface area contributed by atoms with E-state index in [1.54, 1.807) is 14.2 Å². The molecule has 0 saturated carbocycles. The van der Waals surface area contributed by atoms with Crippen molar-refractivity contribution in [3.63, 3.8) is 0 Å². The minimum Gasteiger partial charge on any atom is -0.493 e. The lowest BCUT2D eigenvalue weighted by molar-refractivity contribution is -0.120. The Labute approximate surface area is 161 Å². The van der Waals surface area contributed by atoms with Gasteiger partial charge in [0.2, 0.25) is 5.91 Å². The second kappa shape index (κ2) is 9.42. The molecule has 1 unspecified atom stereocenters. The van der Waals surface area contributed by atoms with Crippen molar-refractivity contribution in [1.82, 2.24) is 10.6 Å². The molecule has 1 amide bonds. The van der Waals surface area contributed by atoms with Gasteiger partial charge in [0.15, 0.2) is 11.5 Å². The van der Waals surface area contributed by atoms with E-state index in [2.05, 4.69) is 34.9 Å². The Morgan fingerprint density at radius 1 is 1.11 bits per heavy atom. The number of hydrogen-bond donors (Lipinski definition) is 2. The second-order valence-corrected chi connectivity index (χ2v) is 6.81. The highest BCUT2D eigenvalue weighted by molar-refractivity contribution is 5.78. The third kappa shape index (κ3) is 5.01. The molecule has 3 rings (SSSR count). The molecule has 5 heteroatoms. The van der Waals surface area contributed by atoms with Crippen molar-refractivity contribution in [3.05, 3.63) is 59.2 Å². The molecule has 0 bridgehead atoms. The van der Waals surface area contributed by atoms with E-state index in [-0.39, 0.29) is 11.9 Å². The zero-order valence-corrected chi connectivity index (χ0v) is 16.1. The summed E-state index contributed by atoms with van der Waals surface area (Å²) in [5, 5.41) is 6.40. The third-order valence-corrected chi connectivity index (χ3v) is 5.06. The van der Waals surface area contributed by atoms with Crippen LogP contribution in [0.4, 0.5) is 0 Å². The Bertz CT molecular complexity index is 776. The van der Waals surface area contributed by atoms with E-state index in [4.69, 9.17) is 9.47 Å². The van der Waals surface area contributed by atoms with Crippen LogP contribution in [0.3, 0.4) is 0 Å². The summed E-state index contributed by atoms with van der Waals surface area (Å²) < 4.78 is 10.6. The highest BCUT2D eigenvalue weighted by Gasteiger charge is 2.19. The Hall–Kier alpha value is -2.53. The summed E-state index contributed by atoms with van der Waals surface area (Å²) in [5.41, 5.74) is 3.83. The van der Waals surface area contributed by atoms with Gasteiger partial charge >= 0.3 is 0 Å². The number of carbonyl (C=O) groups excluding carboxylic acids is 1. The predicted octanol–water partition coefficient (Wildman–Crippen LogP) is 3.03. The minimum atomic E-state index is 0.0264. The molecule has 5 nitrogen and oxygen atoms in total. The predicted molar refractivity (Wildman–Crippen MR) is 106 cm³/mol. The highest BCUT2D eigenvalue weighted by atomic mass is 16.5. The number of nitrogens with one attached hydrogen (secondary N) is 2. The Morgan fingerprint density at radius 3 is 2.74 bits per heavy atom. The van der Waals surface area contributed by atoms with E-state index < -0.39 is 0 Å². The average Bonchev–Trinajstić information content (AvgIpc) is 2.72. The Balaban J connectivity index is 1.44. The van der Waals surface area contributed by atoms with Gasteiger partial charge in [0.05, 0.1) is 20.8 Å². The van der Waals surface area contributed by atoms with Crippen molar-refractivity contribution in [1.29, 1.82) is 0 Å². The van der Waals surface area contributed by atoms with Crippen LogP contribution in [-0.2, 0) is 17.6 Å². The first-order chi connectivity index (χ1) is 13.2. The summed E-state index contributed by atoms with van der Waals surface area (Å²) in [7, 11) is 3.24. The molecule has 0 heterocycles. The van der Waals surface area contributed by atoms with Crippen LogP contribution in [0.15, 0.2) is 42.5 Å². The van der Waals surface area contributed by atoms with Crippen LogP contribution >= 0.6 is 0 Å². The lowest BCUT2D eigenvalue weighted by Crippen LogP contribution is -2.37. The molecule has 0 radical (unpaired) electrons. The maximum atomic E-state index is 12.2. The molecule has 27 heavy (non-hydrogen) atoms. The number of aryl methyl sites for hydroxylation is 1. The van der Waals surface area contributed by atoms with E-state index in [0.717, 1.165) is 31.2 Å². The normalized spacial score (nSPS) is 15.7. The average molecular weight is 368 g/mol. The molecule has 1 atom stereocenters. The van der Waals surface area contributed by atoms with Gasteiger partial charge in [-0.25, -0.2) is 0 Å². The van der Waals surface area contributed by atoms with Crippen molar-refractivity contribution in [2.75, 3.05) is 27.3 Å². The third-order valence-electron chi connectivity index (χ3n) is 5.06. The molecule has 1 aliphatic rings. The van der Waals surface area contributed by atoms with Crippen molar-refractivity contribution < 1.29 is 14.3 Å². The number of methoxy groups -OCH3 is 2. The number of amides is 1. The summed E-state index contributed by atoms with van der Waals surface area (Å²) in [6.07, 6.45) is 4.12. The molecular formula is C22H28N2O3. The van der Waals surface area contributed by atoms with Gasteiger partial charge in [-0.3, -0.25) is 4.79 Å². The van der Waals surface area contributed by atoms with Gasteiger partial charge in [-0.1, -0.05) is 30.3 Å². The van der Waals surface area contributed by atoms with Crippen LogP contribution in [0.25, 0.3) is 0 Å². The number of ether oxygens (including phenoxy) is 2. The summed E-state index contributed by atoms with van der Waals surface area (Å²) >= 11 is 0. The van der Waals surface area contributed by atoms with Crippen molar-refractivity contribution >= 4 is 5.91 Å². The summed E-state index contributed by atoms with van der Waals surface area (Å²) in [5.74, 6) is 1.44. The van der Waals surface area contributed by atoms with Crippen LogP contribution in [0.2, 0.25) is 0 Å². The first kappa shape index (κ1) is 19.2. The van der Waals surface area contributed by atoms with Crippen LogP contribution in [0.5, 0.6) is 11.5 Å². The lowest BCUT2D eigenvalue weighted by atomic mass is 9.88. The van der Waals surface area contributed by atoms with Gasteiger partial charge in [-0.05, 0) is 54.5 Å². The fourth-order valence-corrected chi connectivity index (χ4v) is 3.63. The van der Waals surface area contributed by atoms with Gasteiger partial charge in [0, 0.05) is 12.6 Å². The lowest BCUT2D eigenvalue weighted by Gasteiger charge is -2.26. The van der Waals surface area contributed by atoms with Gasteiger partial charge in [-0.15, -0.1) is 0 Å². The zero-order chi connectivity index (χ0) is 19.1. The molecule has 144 valence electrons. The largest absolute Gasteiger partial charge is 0.493 e. The van der Waals surface area contributed by atoms with E-state index in [1.807, 2.05) is 18.2 Å². The highest BCUT2D eigenvalue weighted by Crippen LogP contribution is 2.29. The topological polar surface area (TPSA) is 59.6 Å². The minimum absolute atomic E-state index is 0.0264. The number of carbonyl (C=O) groups is 1. The molecular weight excluding hydrogens is 340 g/mol. The van der Waals surface area contributed by atoms with Gasteiger partial charge < -0.3 is 20.1 Å². The van der Waals surface area contributed by atoms with Gasteiger partial charge in [0.1, 0.15) is 0 Å². The second-order valence-electron chi connectivity index (χ2n) is 6.81. The van der Waals surface area contributed by atoms with Gasteiger partial charge in [0.25, 0.3) is 0 Å². The van der Waals surface area contributed by atoms with Crippen molar-refractivity contribution in [2.45, 2.75) is 31.7 Å². The van der Waals surface area contributed by atoms with E-state index in [0.29, 0.717) is 24.6 Å². The number of fused-ring (bicyclic) bond motifs is 1. The van der Waals surface area contributed by atoms with Crippen LogP contribution in [0, 0.1) is 0 Å². The smallest absolute Gasteiger partial charge is 0.233 e. The zero-order valence-electron chi connectivity index (χ0n) is 16.1. The van der Waals surface area contributed by atoms with Crippen molar-refractivity contribution in [2.24, 2.45) is 0 Å². The molecule has 1 aliphatic carbocycles.